The topological polar surface area (TPSA) is 32.7 Å². The van der Waals surface area contributed by atoms with Crippen molar-refractivity contribution in [1.29, 1.82) is 0 Å². The Morgan fingerprint density at radius 1 is 0.867 bits per heavy atom. The maximum atomic E-state index is 12.4. The van der Waals surface area contributed by atoms with Gasteiger partial charge in [-0.1, -0.05) is 72.8 Å². The monoisotopic (exact) mass is 401 g/mol. The summed E-state index contributed by atoms with van der Waals surface area (Å²) in [6, 6.07) is 28.7. The summed E-state index contributed by atoms with van der Waals surface area (Å²) in [6.45, 7) is 3.06. The molecule has 0 saturated carbocycles. The first-order chi connectivity index (χ1) is 14.7. The molecule has 1 aliphatic rings. The van der Waals surface area contributed by atoms with E-state index in [0.29, 0.717) is 6.42 Å². The predicted molar refractivity (Wildman–Crippen MR) is 122 cm³/mol. The van der Waals surface area contributed by atoms with Crippen LogP contribution in [0.4, 0.5) is 0 Å². The van der Waals surface area contributed by atoms with Crippen molar-refractivity contribution in [3.8, 4) is 5.75 Å². The Kier molecular flexibility index (Phi) is 6.51. The van der Waals surface area contributed by atoms with Gasteiger partial charge in [0.2, 0.25) is 0 Å². The van der Waals surface area contributed by atoms with Crippen molar-refractivity contribution in [2.75, 3.05) is 26.7 Å². The van der Waals surface area contributed by atoms with Crippen molar-refractivity contribution in [2.24, 2.45) is 0 Å². The Bertz CT molecular complexity index is 905. The summed E-state index contributed by atoms with van der Waals surface area (Å²) in [6.07, 6.45) is 3.04. The molecule has 1 fully saturated rings. The molecule has 0 bridgehead atoms. The van der Waals surface area contributed by atoms with Crippen LogP contribution in [0.3, 0.4) is 0 Å². The summed E-state index contributed by atoms with van der Waals surface area (Å²) in [4.78, 5) is 2.50. The van der Waals surface area contributed by atoms with Crippen molar-refractivity contribution in [3.63, 3.8) is 0 Å². The van der Waals surface area contributed by atoms with Crippen LogP contribution in [0.25, 0.3) is 0 Å². The number of likely N-dealkylation sites (tertiary alicyclic amines) is 1. The van der Waals surface area contributed by atoms with E-state index in [9.17, 15) is 5.11 Å². The molecule has 0 radical (unpaired) electrons. The van der Waals surface area contributed by atoms with Crippen LogP contribution >= 0.6 is 0 Å². The Morgan fingerprint density at radius 3 is 2.07 bits per heavy atom. The number of hydrogen-bond acceptors (Lipinski definition) is 3. The van der Waals surface area contributed by atoms with E-state index in [2.05, 4.69) is 41.3 Å². The van der Waals surface area contributed by atoms with Gasteiger partial charge in [0, 0.05) is 18.9 Å². The zero-order valence-corrected chi connectivity index (χ0v) is 17.7. The minimum absolute atomic E-state index is 0.0367. The van der Waals surface area contributed by atoms with E-state index in [0.717, 1.165) is 36.5 Å². The molecule has 1 N–H and O–H groups in total. The summed E-state index contributed by atoms with van der Waals surface area (Å²) in [5, 5.41) is 12.4. The summed E-state index contributed by atoms with van der Waals surface area (Å²) < 4.78 is 5.36. The SMILES string of the molecule is COc1ccc(C(O)(Cc2ccccc2)C(CN2CCCC2)c2ccccc2)cc1. The van der Waals surface area contributed by atoms with E-state index < -0.39 is 5.60 Å². The molecule has 1 heterocycles. The summed E-state index contributed by atoms with van der Waals surface area (Å²) in [5.41, 5.74) is 2.22. The van der Waals surface area contributed by atoms with Gasteiger partial charge in [-0.2, -0.15) is 0 Å². The van der Waals surface area contributed by atoms with E-state index in [4.69, 9.17) is 4.74 Å². The first-order valence-corrected chi connectivity index (χ1v) is 10.9. The van der Waals surface area contributed by atoms with Gasteiger partial charge in [-0.3, -0.25) is 0 Å². The largest absolute Gasteiger partial charge is 0.497 e. The maximum Gasteiger partial charge on any atom is 0.118 e. The lowest BCUT2D eigenvalue weighted by molar-refractivity contribution is -0.00292. The highest BCUT2D eigenvalue weighted by atomic mass is 16.5. The normalized spacial score (nSPS) is 17.4. The Balaban J connectivity index is 1.78. The van der Waals surface area contributed by atoms with Gasteiger partial charge in [-0.25, -0.2) is 0 Å². The zero-order chi connectivity index (χ0) is 20.8. The number of hydrogen-bond donors (Lipinski definition) is 1. The number of rotatable bonds is 8. The number of ether oxygens (including phenoxy) is 1. The lowest BCUT2D eigenvalue weighted by Gasteiger charge is -2.39. The van der Waals surface area contributed by atoms with Gasteiger partial charge in [-0.15, -0.1) is 0 Å². The number of methoxy groups -OCH3 is 1. The molecular weight excluding hydrogens is 370 g/mol. The fourth-order valence-corrected chi connectivity index (χ4v) is 4.65. The molecule has 0 spiro atoms. The van der Waals surface area contributed by atoms with Crippen LogP contribution < -0.4 is 4.74 Å². The molecule has 0 aromatic heterocycles. The second kappa shape index (κ2) is 9.46. The average Bonchev–Trinajstić information content (AvgIpc) is 3.32. The standard InChI is InChI=1S/C27H31NO2/c1-30-25-16-14-24(15-17-25)27(29,20-22-10-4-2-5-11-22)26(21-28-18-8-9-19-28)23-12-6-3-7-13-23/h2-7,10-17,26,29H,8-9,18-21H2,1H3. The number of nitrogens with zero attached hydrogens (tertiary/aromatic N) is 1. The second-order valence-corrected chi connectivity index (χ2v) is 8.29. The van der Waals surface area contributed by atoms with Crippen molar-refractivity contribution in [1.82, 2.24) is 4.90 Å². The molecule has 3 nitrogen and oxygen atoms in total. The Morgan fingerprint density at radius 2 is 1.47 bits per heavy atom. The molecule has 4 rings (SSSR count). The number of aliphatic hydroxyl groups is 1. The van der Waals surface area contributed by atoms with E-state index in [1.807, 2.05) is 48.5 Å². The van der Waals surface area contributed by atoms with E-state index >= 15 is 0 Å². The highest BCUT2D eigenvalue weighted by Crippen LogP contribution is 2.41. The van der Waals surface area contributed by atoms with Gasteiger partial charge < -0.3 is 14.7 Å². The van der Waals surface area contributed by atoms with E-state index in [-0.39, 0.29) is 5.92 Å². The van der Waals surface area contributed by atoms with Crippen molar-refractivity contribution >= 4 is 0 Å². The van der Waals surface area contributed by atoms with Gasteiger partial charge in [0.1, 0.15) is 11.4 Å². The fraction of sp³-hybridized carbons (Fsp3) is 0.333. The molecule has 2 atom stereocenters. The second-order valence-electron chi connectivity index (χ2n) is 8.29. The van der Waals surface area contributed by atoms with Gasteiger partial charge in [0.15, 0.2) is 0 Å². The third-order valence-corrected chi connectivity index (χ3v) is 6.32. The molecule has 3 aromatic carbocycles. The fourth-order valence-electron chi connectivity index (χ4n) is 4.65. The van der Waals surface area contributed by atoms with Crippen molar-refractivity contribution < 1.29 is 9.84 Å². The van der Waals surface area contributed by atoms with Crippen LogP contribution in [0.15, 0.2) is 84.9 Å². The predicted octanol–water partition coefficient (Wildman–Crippen LogP) is 5.01. The summed E-state index contributed by atoms with van der Waals surface area (Å²) in [5.74, 6) is 0.766. The molecule has 3 aromatic rings. The van der Waals surface area contributed by atoms with Crippen LogP contribution in [-0.4, -0.2) is 36.8 Å². The van der Waals surface area contributed by atoms with Crippen LogP contribution in [0.5, 0.6) is 5.75 Å². The molecular formula is C27H31NO2. The Labute approximate surface area is 179 Å². The molecule has 0 amide bonds. The van der Waals surface area contributed by atoms with Crippen molar-refractivity contribution in [3.05, 3.63) is 102 Å². The quantitative estimate of drug-likeness (QED) is 0.576. The van der Waals surface area contributed by atoms with E-state index in [1.165, 1.54) is 18.4 Å². The highest BCUT2D eigenvalue weighted by molar-refractivity contribution is 5.37. The lowest BCUT2D eigenvalue weighted by Crippen LogP contribution is -2.42. The van der Waals surface area contributed by atoms with Gasteiger partial charge in [0.05, 0.1) is 7.11 Å². The molecule has 3 heteroatoms. The molecule has 0 aliphatic carbocycles. The van der Waals surface area contributed by atoms with Gasteiger partial charge in [0.25, 0.3) is 0 Å². The van der Waals surface area contributed by atoms with Crippen molar-refractivity contribution in [2.45, 2.75) is 30.8 Å². The Hall–Kier alpha value is -2.62. The smallest absolute Gasteiger partial charge is 0.118 e. The summed E-state index contributed by atoms with van der Waals surface area (Å²) >= 11 is 0. The zero-order valence-electron chi connectivity index (χ0n) is 17.7. The minimum atomic E-state index is -1.03. The van der Waals surface area contributed by atoms with Crippen LogP contribution in [0, 0.1) is 0 Å². The van der Waals surface area contributed by atoms with Crippen LogP contribution in [0.1, 0.15) is 35.4 Å². The third-order valence-electron chi connectivity index (χ3n) is 6.32. The van der Waals surface area contributed by atoms with Gasteiger partial charge >= 0.3 is 0 Å². The molecule has 2 unspecified atom stereocenters. The molecule has 30 heavy (non-hydrogen) atoms. The summed E-state index contributed by atoms with van der Waals surface area (Å²) in [7, 11) is 1.67. The molecule has 156 valence electrons. The van der Waals surface area contributed by atoms with Crippen LogP contribution in [0.2, 0.25) is 0 Å². The number of benzene rings is 3. The molecule has 1 aliphatic heterocycles. The minimum Gasteiger partial charge on any atom is -0.497 e. The molecule has 1 saturated heterocycles. The maximum absolute atomic E-state index is 12.4. The van der Waals surface area contributed by atoms with Gasteiger partial charge in [-0.05, 0) is 54.8 Å². The lowest BCUT2D eigenvalue weighted by atomic mass is 9.73. The first kappa shape index (κ1) is 20.6. The van der Waals surface area contributed by atoms with E-state index in [1.54, 1.807) is 7.11 Å². The highest BCUT2D eigenvalue weighted by Gasteiger charge is 2.40. The van der Waals surface area contributed by atoms with Crippen LogP contribution in [-0.2, 0) is 12.0 Å². The third kappa shape index (κ3) is 4.58. The average molecular weight is 402 g/mol. The first-order valence-electron chi connectivity index (χ1n) is 10.9.